The minimum Gasteiger partial charge on any atom is -0.444 e. The topological polar surface area (TPSA) is 68.3 Å². The average molecular weight is 270 g/mol. The van der Waals surface area contributed by atoms with Crippen molar-refractivity contribution in [3.63, 3.8) is 0 Å². The highest BCUT2D eigenvalue weighted by Gasteiger charge is 2.53. The Morgan fingerprint density at radius 3 is 2.40 bits per heavy atom. The molecule has 0 bridgehead atoms. The normalized spacial score (nSPS) is 20.2. The van der Waals surface area contributed by atoms with Crippen LogP contribution in [0.3, 0.4) is 0 Å². The van der Waals surface area contributed by atoms with E-state index >= 15 is 0 Å². The van der Waals surface area contributed by atoms with E-state index in [1.807, 2.05) is 27.7 Å². The molecule has 0 aliphatic carbocycles. The molecule has 0 amide bonds. The summed E-state index contributed by atoms with van der Waals surface area (Å²) in [6.07, 6.45) is 0. The molecule has 102 valence electrons. The third-order valence-corrected chi connectivity index (χ3v) is 3.99. The number of rotatable bonds is 1. The van der Waals surface area contributed by atoms with E-state index < -0.39 is 18.3 Å². The zero-order valence-electron chi connectivity index (χ0n) is 11.9. The molecule has 0 saturated carbocycles. The Morgan fingerprint density at radius 2 is 1.80 bits per heavy atom. The van der Waals surface area contributed by atoms with Crippen LogP contribution >= 0.6 is 0 Å². The Hall–Kier alpha value is -1.84. The van der Waals surface area contributed by atoms with Crippen molar-refractivity contribution < 1.29 is 13.7 Å². The number of nitriles is 1. The lowest BCUT2D eigenvalue weighted by atomic mass is 9.90. The molecule has 1 fully saturated rings. The van der Waals surface area contributed by atoms with Crippen LogP contribution in [-0.4, -0.2) is 23.3 Å². The van der Waals surface area contributed by atoms with E-state index in [4.69, 9.17) is 19.0 Å². The van der Waals surface area contributed by atoms with Crippen molar-refractivity contribution in [1.82, 2.24) is 4.98 Å². The maximum Gasteiger partial charge on any atom is 0.554 e. The average Bonchev–Trinajstić information content (AvgIpc) is 2.87. The molecule has 0 N–H and O–H groups in total. The van der Waals surface area contributed by atoms with Crippen molar-refractivity contribution in [1.29, 1.82) is 5.26 Å². The number of fused-ring (bicyclic) bond motifs is 1. The first-order chi connectivity index (χ1) is 9.32. The molecule has 20 heavy (non-hydrogen) atoms. The zero-order valence-corrected chi connectivity index (χ0v) is 11.9. The van der Waals surface area contributed by atoms with E-state index in [-0.39, 0.29) is 0 Å². The highest BCUT2D eigenvalue weighted by molar-refractivity contribution is 6.59. The van der Waals surface area contributed by atoms with Crippen LogP contribution in [0, 0.1) is 11.3 Å². The summed E-state index contributed by atoms with van der Waals surface area (Å²) in [6, 6.07) is 7.20. The van der Waals surface area contributed by atoms with Gasteiger partial charge in [-0.05, 0) is 45.9 Å². The second kappa shape index (κ2) is 4.08. The number of oxazole rings is 1. The predicted octanol–water partition coefficient (Wildman–Crippen LogP) is 2.00. The summed E-state index contributed by atoms with van der Waals surface area (Å²) in [5, 5.41) is 8.89. The first kappa shape index (κ1) is 13.2. The third kappa shape index (κ3) is 1.91. The molecule has 0 atom stereocenters. The van der Waals surface area contributed by atoms with Crippen LogP contribution in [0.1, 0.15) is 33.3 Å². The number of hydrogen-bond donors (Lipinski definition) is 0. The fourth-order valence-corrected chi connectivity index (χ4v) is 2.06. The highest BCUT2D eigenvalue weighted by atomic mass is 16.7. The van der Waals surface area contributed by atoms with Gasteiger partial charge in [-0.2, -0.15) is 5.26 Å². The van der Waals surface area contributed by atoms with Gasteiger partial charge in [-0.1, -0.05) is 0 Å². The molecule has 1 aliphatic rings. The largest absolute Gasteiger partial charge is 0.554 e. The monoisotopic (exact) mass is 270 g/mol. The van der Waals surface area contributed by atoms with Gasteiger partial charge < -0.3 is 13.7 Å². The van der Waals surface area contributed by atoms with Gasteiger partial charge in [0.1, 0.15) is 5.52 Å². The number of hydrogen-bond acceptors (Lipinski definition) is 5. The fourth-order valence-electron chi connectivity index (χ4n) is 2.06. The Labute approximate surface area is 117 Å². The molecule has 0 spiro atoms. The highest BCUT2D eigenvalue weighted by Crippen LogP contribution is 2.36. The lowest BCUT2D eigenvalue weighted by molar-refractivity contribution is 0.00578. The smallest absolute Gasteiger partial charge is 0.444 e. The van der Waals surface area contributed by atoms with Gasteiger partial charge in [0, 0.05) is 0 Å². The fraction of sp³-hybridized carbons (Fsp3) is 0.429. The van der Waals surface area contributed by atoms with Gasteiger partial charge in [0.25, 0.3) is 0 Å². The summed E-state index contributed by atoms with van der Waals surface area (Å²) in [4.78, 5) is 4.37. The summed E-state index contributed by atoms with van der Waals surface area (Å²) in [5.74, 6) is 0.383. The summed E-state index contributed by atoms with van der Waals surface area (Å²) in [6.45, 7) is 7.90. The molecule has 0 radical (unpaired) electrons. The zero-order chi connectivity index (χ0) is 14.5. The summed E-state index contributed by atoms with van der Waals surface area (Å²) in [7, 11) is -0.627. The van der Waals surface area contributed by atoms with Crippen LogP contribution in [-0.2, 0) is 9.31 Å². The molecule has 1 aromatic heterocycles. The van der Waals surface area contributed by atoms with Crippen molar-refractivity contribution in [3.05, 3.63) is 23.8 Å². The molecule has 2 heterocycles. The van der Waals surface area contributed by atoms with Gasteiger partial charge in [0.05, 0.1) is 22.8 Å². The van der Waals surface area contributed by atoms with Crippen LogP contribution < -0.4 is 5.79 Å². The van der Waals surface area contributed by atoms with Crippen molar-refractivity contribution in [3.8, 4) is 6.07 Å². The predicted molar refractivity (Wildman–Crippen MR) is 74.4 cm³/mol. The van der Waals surface area contributed by atoms with Crippen LogP contribution in [0.5, 0.6) is 0 Å². The van der Waals surface area contributed by atoms with Gasteiger partial charge in [-0.15, -0.1) is 0 Å². The standard InChI is InChI=1S/C14H15BN2O3/c1-13(2)14(3,4)20-15(19-13)12-17-10-7-9(8-16)5-6-11(10)18-12/h5-7H,1-4H3. The lowest BCUT2D eigenvalue weighted by Crippen LogP contribution is -2.41. The molecule has 1 aliphatic heterocycles. The summed E-state index contributed by atoms with van der Waals surface area (Å²) in [5.41, 5.74) is 0.931. The second-order valence-electron chi connectivity index (χ2n) is 5.93. The van der Waals surface area contributed by atoms with E-state index in [1.165, 1.54) is 0 Å². The number of aromatic nitrogens is 1. The van der Waals surface area contributed by atoms with E-state index in [1.54, 1.807) is 18.2 Å². The van der Waals surface area contributed by atoms with Crippen LogP contribution in [0.25, 0.3) is 11.1 Å². The van der Waals surface area contributed by atoms with Crippen LogP contribution in [0.4, 0.5) is 0 Å². The van der Waals surface area contributed by atoms with E-state index in [0.717, 1.165) is 0 Å². The van der Waals surface area contributed by atoms with Gasteiger partial charge in [0.2, 0.25) is 5.79 Å². The van der Waals surface area contributed by atoms with Gasteiger partial charge in [0.15, 0.2) is 5.58 Å². The molecule has 2 aromatic rings. The Balaban J connectivity index is 1.98. The van der Waals surface area contributed by atoms with E-state index in [2.05, 4.69) is 11.1 Å². The summed E-state index contributed by atoms with van der Waals surface area (Å²) >= 11 is 0. The van der Waals surface area contributed by atoms with E-state index in [0.29, 0.717) is 22.5 Å². The van der Waals surface area contributed by atoms with Crippen molar-refractivity contribution >= 4 is 24.0 Å². The van der Waals surface area contributed by atoms with Gasteiger partial charge in [-0.3, -0.25) is 0 Å². The molecule has 6 heteroatoms. The van der Waals surface area contributed by atoms with Crippen molar-refractivity contribution in [2.75, 3.05) is 0 Å². The maximum atomic E-state index is 8.89. The Morgan fingerprint density at radius 1 is 1.15 bits per heavy atom. The third-order valence-electron chi connectivity index (χ3n) is 3.99. The number of benzene rings is 1. The SMILES string of the molecule is CC1(C)OB(c2nc3cc(C#N)ccc3o2)OC1(C)C. The second-order valence-corrected chi connectivity index (χ2v) is 5.93. The van der Waals surface area contributed by atoms with Crippen molar-refractivity contribution in [2.45, 2.75) is 38.9 Å². The minimum atomic E-state index is -0.627. The molecular weight excluding hydrogens is 255 g/mol. The summed E-state index contributed by atoms with van der Waals surface area (Å²) < 4.78 is 17.5. The van der Waals surface area contributed by atoms with Crippen molar-refractivity contribution in [2.24, 2.45) is 0 Å². The Bertz CT molecular complexity index is 699. The Kier molecular flexibility index (Phi) is 2.68. The van der Waals surface area contributed by atoms with Crippen LogP contribution in [0.2, 0.25) is 0 Å². The van der Waals surface area contributed by atoms with Gasteiger partial charge in [-0.25, -0.2) is 4.98 Å². The minimum absolute atomic E-state index is 0.383. The molecule has 0 unspecified atom stereocenters. The quantitative estimate of drug-likeness (QED) is 0.741. The molecule has 1 saturated heterocycles. The molecule has 5 nitrogen and oxygen atoms in total. The lowest BCUT2D eigenvalue weighted by Gasteiger charge is -2.32. The number of nitrogens with zero attached hydrogens (tertiary/aromatic N) is 2. The van der Waals surface area contributed by atoms with Gasteiger partial charge >= 0.3 is 7.12 Å². The van der Waals surface area contributed by atoms with E-state index in [9.17, 15) is 0 Å². The first-order valence-corrected chi connectivity index (χ1v) is 6.49. The maximum absolute atomic E-state index is 8.89. The molecular formula is C14H15BN2O3. The first-order valence-electron chi connectivity index (χ1n) is 6.49. The molecule has 3 rings (SSSR count). The molecule has 1 aromatic carbocycles. The van der Waals surface area contributed by atoms with Crippen LogP contribution in [0.15, 0.2) is 22.6 Å².